The smallest absolute Gasteiger partial charge is 0.0825 e. The van der Waals surface area contributed by atoms with Gasteiger partial charge in [0.05, 0.1) is 19.3 Å². The molecule has 0 aromatic carbocycles. The van der Waals surface area contributed by atoms with Gasteiger partial charge in [0.25, 0.3) is 0 Å². The van der Waals surface area contributed by atoms with Gasteiger partial charge in [-0.1, -0.05) is 6.08 Å². The van der Waals surface area contributed by atoms with Gasteiger partial charge in [0.15, 0.2) is 0 Å². The lowest BCUT2D eigenvalue weighted by Gasteiger charge is -2.32. The highest BCUT2D eigenvalue weighted by molar-refractivity contribution is 4.91. The number of rotatable bonds is 2. The van der Waals surface area contributed by atoms with Gasteiger partial charge in [-0.3, -0.25) is 0 Å². The molecule has 0 spiro atoms. The van der Waals surface area contributed by atoms with Crippen molar-refractivity contribution in [3.8, 4) is 0 Å². The van der Waals surface area contributed by atoms with E-state index >= 15 is 0 Å². The van der Waals surface area contributed by atoms with Gasteiger partial charge in [-0.15, -0.1) is 6.58 Å². The van der Waals surface area contributed by atoms with Crippen LogP contribution in [-0.4, -0.2) is 24.4 Å². The van der Waals surface area contributed by atoms with Crippen LogP contribution in [0.3, 0.4) is 0 Å². The van der Waals surface area contributed by atoms with Crippen LogP contribution in [0.15, 0.2) is 12.7 Å². The lowest BCUT2D eigenvalue weighted by molar-refractivity contribution is -0.103. The highest BCUT2D eigenvalue weighted by Crippen LogP contribution is 2.19. The number of ether oxygens (including phenoxy) is 1. The molecule has 1 aliphatic heterocycles. The topological polar surface area (TPSA) is 29.5 Å². The summed E-state index contributed by atoms with van der Waals surface area (Å²) in [7, 11) is 0. The second kappa shape index (κ2) is 2.29. The monoisotopic (exact) mass is 114 g/mol. The Kier molecular flexibility index (Phi) is 1.65. The molecule has 8 heavy (non-hydrogen) atoms. The normalized spacial score (nSPS) is 36.1. The predicted molar refractivity (Wildman–Crippen MR) is 30.5 cm³/mol. The maximum absolute atomic E-state index is 8.56. The first-order chi connectivity index (χ1) is 3.88. The van der Waals surface area contributed by atoms with Crippen LogP contribution in [0.4, 0.5) is 0 Å². The lowest BCUT2D eigenvalue weighted by atomic mass is 10.00. The second-order valence-corrected chi connectivity index (χ2v) is 1.98. The molecule has 1 heterocycles. The SMILES string of the molecule is C=C[C@H]1OC[C@@H]1CO. The Morgan fingerprint density at radius 1 is 1.88 bits per heavy atom. The van der Waals surface area contributed by atoms with Crippen molar-refractivity contribution in [2.75, 3.05) is 13.2 Å². The summed E-state index contributed by atoms with van der Waals surface area (Å²) in [4.78, 5) is 0. The summed E-state index contributed by atoms with van der Waals surface area (Å²) in [6.07, 6.45) is 1.84. The second-order valence-electron chi connectivity index (χ2n) is 1.98. The van der Waals surface area contributed by atoms with Crippen LogP contribution in [0.25, 0.3) is 0 Å². The lowest BCUT2D eigenvalue weighted by Crippen LogP contribution is -2.40. The van der Waals surface area contributed by atoms with Gasteiger partial charge in [-0.25, -0.2) is 0 Å². The fourth-order valence-corrected chi connectivity index (χ4v) is 0.761. The molecule has 0 aromatic heterocycles. The van der Waals surface area contributed by atoms with Gasteiger partial charge in [0, 0.05) is 5.92 Å². The van der Waals surface area contributed by atoms with Gasteiger partial charge in [-0.2, -0.15) is 0 Å². The van der Waals surface area contributed by atoms with E-state index in [4.69, 9.17) is 9.84 Å². The van der Waals surface area contributed by atoms with Crippen molar-refractivity contribution in [3.63, 3.8) is 0 Å². The van der Waals surface area contributed by atoms with E-state index in [0.29, 0.717) is 12.5 Å². The Morgan fingerprint density at radius 3 is 2.75 bits per heavy atom. The van der Waals surface area contributed by atoms with Crippen molar-refractivity contribution in [1.82, 2.24) is 0 Å². The van der Waals surface area contributed by atoms with Crippen molar-refractivity contribution in [1.29, 1.82) is 0 Å². The molecule has 2 nitrogen and oxygen atoms in total. The van der Waals surface area contributed by atoms with E-state index in [9.17, 15) is 0 Å². The molecular weight excluding hydrogens is 104 g/mol. The van der Waals surface area contributed by atoms with E-state index < -0.39 is 0 Å². The molecule has 0 unspecified atom stereocenters. The highest BCUT2D eigenvalue weighted by Gasteiger charge is 2.27. The quantitative estimate of drug-likeness (QED) is 0.519. The zero-order valence-electron chi connectivity index (χ0n) is 4.71. The Balaban J connectivity index is 2.26. The highest BCUT2D eigenvalue weighted by atomic mass is 16.5. The zero-order valence-corrected chi connectivity index (χ0v) is 4.71. The van der Waals surface area contributed by atoms with E-state index in [2.05, 4.69) is 6.58 Å². The summed E-state index contributed by atoms with van der Waals surface area (Å²) < 4.78 is 5.01. The molecule has 2 heteroatoms. The number of aliphatic hydroxyl groups is 1. The van der Waals surface area contributed by atoms with Crippen LogP contribution in [0, 0.1) is 5.92 Å². The largest absolute Gasteiger partial charge is 0.396 e. The molecule has 1 N–H and O–H groups in total. The van der Waals surface area contributed by atoms with Crippen LogP contribution >= 0.6 is 0 Å². The Morgan fingerprint density at radius 2 is 2.62 bits per heavy atom. The summed E-state index contributed by atoms with van der Waals surface area (Å²) in [6.45, 7) is 4.45. The molecule has 0 saturated carbocycles. The summed E-state index contributed by atoms with van der Waals surface area (Å²) in [6, 6.07) is 0. The minimum Gasteiger partial charge on any atom is -0.396 e. The first-order valence-electron chi connectivity index (χ1n) is 2.73. The van der Waals surface area contributed by atoms with Crippen LogP contribution in [0.1, 0.15) is 0 Å². The fraction of sp³-hybridized carbons (Fsp3) is 0.667. The molecule has 2 atom stereocenters. The molecule has 1 fully saturated rings. The third kappa shape index (κ3) is 0.767. The minimum atomic E-state index is 0.111. The molecular formula is C6H10O2. The summed E-state index contributed by atoms with van der Waals surface area (Å²) in [5.41, 5.74) is 0. The summed E-state index contributed by atoms with van der Waals surface area (Å²) >= 11 is 0. The van der Waals surface area contributed by atoms with E-state index in [1.165, 1.54) is 0 Å². The van der Waals surface area contributed by atoms with E-state index in [0.717, 1.165) is 0 Å². The fourth-order valence-electron chi connectivity index (χ4n) is 0.761. The van der Waals surface area contributed by atoms with Crippen molar-refractivity contribution >= 4 is 0 Å². The first-order valence-corrected chi connectivity index (χ1v) is 2.73. The van der Waals surface area contributed by atoms with Gasteiger partial charge in [-0.05, 0) is 0 Å². The predicted octanol–water partition coefficient (Wildman–Crippen LogP) is 0.180. The number of hydrogen-bond acceptors (Lipinski definition) is 2. The van der Waals surface area contributed by atoms with Gasteiger partial charge >= 0.3 is 0 Å². The maximum atomic E-state index is 8.56. The van der Waals surface area contributed by atoms with E-state index in [1.54, 1.807) is 6.08 Å². The summed E-state index contributed by atoms with van der Waals surface area (Å²) in [5.74, 6) is 0.312. The Bertz CT molecular complexity index is 88.5. The average Bonchev–Trinajstić information content (AvgIpc) is 1.66. The van der Waals surface area contributed by atoms with Crippen LogP contribution < -0.4 is 0 Å². The van der Waals surface area contributed by atoms with Gasteiger partial charge in [0.2, 0.25) is 0 Å². The van der Waals surface area contributed by atoms with Crippen LogP contribution in [0.2, 0.25) is 0 Å². The van der Waals surface area contributed by atoms with E-state index in [1.807, 2.05) is 0 Å². The molecule has 1 aliphatic rings. The van der Waals surface area contributed by atoms with Crippen LogP contribution in [-0.2, 0) is 4.74 Å². The first kappa shape index (κ1) is 5.79. The van der Waals surface area contributed by atoms with Crippen LogP contribution in [0.5, 0.6) is 0 Å². The Hall–Kier alpha value is -0.340. The van der Waals surface area contributed by atoms with Gasteiger partial charge < -0.3 is 9.84 Å². The standard InChI is InChI=1S/C6H10O2/c1-2-6-5(3-7)4-8-6/h2,5-7H,1,3-4H2/t5-,6+/m0/s1. The molecule has 0 amide bonds. The third-order valence-corrected chi connectivity index (χ3v) is 1.43. The molecule has 1 saturated heterocycles. The van der Waals surface area contributed by atoms with Gasteiger partial charge in [0.1, 0.15) is 0 Å². The number of hydrogen-bond donors (Lipinski definition) is 1. The molecule has 1 rings (SSSR count). The number of aliphatic hydroxyl groups excluding tert-OH is 1. The zero-order chi connectivity index (χ0) is 5.98. The molecule has 46 valence electrons. The van der Waals surface area contributed by atoms with Crippen molar-refractivity contribution in [2.24, 2.45) is 5.92 Å². The third-order valence-electron chi connectivity index (χ3n) is 1.43. The Labute approximate surface area is 48.8 Å². The average molecular weight is 114 g/mol. The molecule has 0 bridgehead atoms. The minimum absolute atomic E-state index is 0.111. The van der Waals surface area contributed by atoms with Crippen molar-refractivity contribution in [2.45, 2.75) is 6.10 Å². The molecule has 0 radical (unpaired) electrons. The van der Waals surface area contributed by atoms with Crippen molar-refractivity contribution < 1.29 is 9.84 Å². The van der Waals surface area contributed by atoms with Crippen molar-refractivity contribution in [3.05, 3.63) is 12.7 Å². The maximum Gasteiger partial charge on any atom is 0.0825 e. The molecule has 0 aliphatic carbocycles. The summed E-state index contributed by atoms with van der Waals surface area (Å²) in [5, 5.41) is 8.56. The van der Waals surface area contributed by atoms with E-state index in [-0.39, 0.29) is 12.7 Å². The molecule has 0 aromatic rings.